The van der Waals surface area contributed by atoms with Crippen molar-refractivity contribution in [2.24, 2.45) is 5.92 Å². The third kappa shape index (κ3) is 4.09. The predicted molar refractivity (Wildman–Crippen MR) is 85.3 cm³/mol. The number of nitrogens with zero attached hydrogens (tertiary/aromatic N) is 2. The molecule has 1 N–H and O–H groups in total. The monoisotopic (exact) mass is 303 g/mol. The van der Waals surface area contributed by atoms with Crippen molar-refractivity contribution < 1.29 is 4.79 Å². The molecule has 1 unspecified atom stereocenters. The van der Waals surface area contributed by atoms with Gasteiger partial charge in [-0.15, -0.1) is 12.4 Å². The second kappa shape index (κ2) is 7.10. The van der Waals surface area contributed by atoms with Crippen LogP contribution in [0.15, 0.2) is 0 Å². The van der Waals surface area contributed by atoms with Crippen LogP contribution >= 0.6 is 12.4 Å². The minimum absolute atomic E-state index is 0. The summed E-state index contributed by atoms with van der Waals surface area (Å²) in [4.78, 5) is 16.8. The van der Waals surface area contributed by atoms with Crippen molar-refractivity contribution in [2.45, 2.75) is 52.1 Å². The summed E-state index contributed by atoms with van der Waals surface area (Å²) in [6, 6.07) is 0.293. The summed E-state index contributed by atoms with van der Waals surface area (Å²) >= 11 is 0. The van der Waals surface area contributed by atoms with Gasteiger partial charge in [0.1, 0.15) is 0 Å². The quantitative estimate of drug-likeness (QED) is 0.863. The Balaban J connectivity index is 0.00000200. The highest BCUT2D eigenvalue weighted by atomic mass is 35.5. The van der Waals surface area contributed by atoms with E-state index < -0.39 is 0 Å². The zero-order valence-corrected chi connectivity index (χ0v) is 14.1. The van der Waals surface area contributed by atoms with Crippen LogP contribution in [0.1, 0.15) is 40.5 Å². The van der Waals surface area contributed by atoms with E-state index in [1.54, 1.807) is 0 Å². The first kappa shape index (κ1) is 17.7. The van der Waals surface area contributed by atoms with Gasteiger partial charge in [0.25, 0.3) is 0 Å². The van der Waals surface area contributed by atoms with E-state index >= 15 is 0 Å². The summed E-state index contributed by atoms with van der Waals surface area (Å²) in [5.41, 5.74) is -0.0500. The summed E-state index contributed by atoms with van der Waals surface area (Å²) in [7, 11) is 0. The third-order valence-corrected chi connectivity index (χ3v) is 4.32. The molecule has 5 heteroatoms. The maximum absolute atomic E-state index is 12.4. The molecule has 20 heavy (non-hydrogen) atoms. The van der Waals surface area contributed by atoms with E-state index in [4.69, 9.17) is 0 Å². The number of halogens is 1. The molecule has 4 nitrogen and oxygen atoms in total. The van der Waals surface area contributed by atoms with Gasteiger partial charge >= 0.3 is 0 Å². The zero-order chi connectivity index (χ0) is 14.0. The van der Waals surface area contributed by atoms with Gasteiger partial charge in [0.05, 0.1) is 12.1 Å². The number of rotatable bonds is 3. The number of piperidine rings is 1. The highest BCUT2D eigenvalue weighted by Crippen LogP contribution is 2.25. The third-order valence-electron chi connectivity index (χ3n) is 4.32. The molecule has 2 aliphatic rings. The van der Waals surface area contributed by atoms with Crippen molar-refractivity contribution in [3.63, 3.8) is 0 Å². The lowest BCUT2D eigenvalue weighted by atomic mass is 9.93. The van der Waals surface area contributed by atoms with Crippen LogP contribution in [0.2, 0.25) is 0 Å². The first-order chi connectivity index (χ1) is 8.90. The maximum atomic E-state index is 12.4. The molecule has 1 amide bonds. The SMILES string of the molecule is CC(C)N1C(=O)CN(CC2CCCNC2)CC1(C)C.Cl. The first-order valence-corrected chi connectivity index (χ1v) is 7.65. The summed E-state index contributed by atoms with van der Waals surface area (Å²) in [6.45, 7) is 13.5. The van der Waals surface area contributed by atoms with Crippen molar-refractivity contribution in [3.05, 3.63) is 0 Å². The number of nitrogens with one attached hydrogen (secondary N) is 1. The Morgan fingerprint density at radius 2 is 2.10 bits per heavy atom. The lowest BCUT2D eigenvalue weighted by Gasteiger charge is -2.49. The van der Waals surface area contributed by atoms with E-state index in [1.807, 2.05) is 0 Å². The smallest absolute Gasteiger partial charge is 0.237 e. The fraction of sp³-hybridized carbons (Fsp3) is 0.933. The first-order valence-electron chi connectivity index (χ1n) is 7.65. The summed E-state index contributed by atoms with van der Waals surface area (Å²) in [6.07, 6.45) is 2.57. The Bertz CT molecular complexity index is 327. The van der Waals surface area contributed by atoms with E-state index in [9.17, 15) is 4.79 Å². The molecule has 0 saturated carbocycles. The molecule has 0 aliphatic carbocycles. The van der Waals surface area contributed by atoms with Crippen molar-refractivity contribution in [1.82, 2.24) is 15.1 Å². The van der Waals surface area contributed by atoms with Crippen LogP contribution in [0.3, 0.4) is 0 Å². The van der Waals surface area contributed by atoms with Crippen LogP contribution in [-0.2, 0) is 4.79 Å². The number of carbonyl (C=O) groups is 1. The molecular weight excluding hydrogens is 274 g/mol. The molecule has 0 bridgehead atoms. The van der Waals surface area contributed by atoms with Gasteiger partial charge in [0, 0.05) is 19.1 Å². The number of piperazine rings is 1. The summed E-state index contributed by atoms with van der Waals surface area (Å²) < 4.78 is 0. The number of hydrogen-bond donors (Lipinski definition) is 1. The molecule has 2 aliphatic heterocycles. The van der Waals surface area contributed by atoms with Gasteiger partial charge in [-0.3, -0.25) is 9.69 Å². The summed E-state index contributed by atoms with van der Waals surface area (Å²) in [5, 5.41) is 3.46. The Kier molecular flexibility index (Phi) is 6.29. The lowest BCUT2D eigenvalue weighted by molar-refractivity contribution is -0.148. The molecule has 2 saturated heterocycles. The molecule has 0 spiro atoms. The normalized spacial score (nSPS) is 27.6. The van der Waals surface area contributed by atoms with Crippen LogP contribution in [0.4, 0.5) is 0 Å². The van der Waals surface area contributed by atoms with Crippen molar-refractivity contribution in [3.8, 4) is 0 Å². The van der Waals surface area contributed by atoms with Gasteiger partial charge in [-0.25, -0.2) is 0 Å². The lowest BCUT2D eigenvalue weighted by Crippen LogP contribution is -2.64. The topological polar surface area (TPSA) is 35.6 Å². The molecule has 0 aromatic carbocycles. The van der Waals surface area contributed by atoms with Crippen molar-refractivity contribution in [2.75, 3.05) is 32.7 Å². The van der Waals surface area contributed by atoms with E-state index in [2.05, 4.69) is 42.8 Å². The van der Waals surface area contributed by atoms with E-state index in [0.29, 0.717) is 18.5 Å². The minimum atomic E-state index is -0.0500. The molecule has 2 fully saturated rings. The van der Waals surface area contributed by atoms with Crippen LogP contribution < -0.4 is 5.32 Å². The standard InChI is InChI=1S/C15H29N3O.ClH/c1-12(2)18-14(19)10-17(11-15(18,3)4)9-13-6-5-7-16-8-13;/h12-13,16H,5-11H2,1-4H3;1H. The molecule has 2 heterocycles. The zero-order valence-electron chi connectivity index (χ0n) is 13.3. The summed E-state index contributed by atoms with van der Waals surface area (Å²) in [5.74, 6) is 0.998. The van der Waals surface area contributed by atoms with E-state index in [-0.39, 0.29) is 23.9 Å². The molecule has 0 radical (unpaired) electrons. The Hall–Kier alpha value is -0.320. The molecule has 0 aromatic rings. The van der Waals surface area contributed by atoms with E-state index in [1.165, 1.54) is 12.8 Å². The highest BCUT2D eigenvalue weighted by molar-refractivity contribution is 5.85. The number of amides is 1. The van der Waals surface area contributed by atoms with Gasteiger partial charge in [0.2, 0.25) is 5.91 Å². The fourth-order valence-corrected chi connectivity index (χ4v) is 3.85. The van der Waals surface area contributed by atoms with E-state index in [0.717, 1.165) is 26.2 Å². The highest BCUT2D eigenvalue weighted by Gasteiger charge is 2.40. The fourth-order valence-electron chi connectivity index (χ4n) is 3.85. The second-order valence-electron chi connectivity index (χ2n) is 7.05. The predicted octanol–water partition coefficient (Wildman–Crippen LogP) is 1.74. The maximum Gasteiger partial charge on any atom is 0.237 e. The second-order valence-corrected chi connectivity index (χ2v) is 7.05. The minimum Gasteiger partial charge on any atom is -0.333 e. The largest absolute Gasteiger partial charge is 0.333 e. The van der Waals surface area contributed by atoms with Crippen molar-refractivity contribution in [1.29, 1.82) is 0 Å². The van der Waals surface area contributed by atoms with Crippen LogP contribution in [-0.4, -0.2) is 60.0 Å². The van der Waals surface area contributed by atoms with Gasteiger partial charge in [-0.1, -0.05) is 0 Å². The van der Waals surface area contributed by atoms with Crippen molar-refractivity contribution >= 4 is 18.3 Å². The molecular formula is C15H30ClN3O. The number of carbonyl (C=O) groups excluding carboxylic acids is 1. The molecule has 2 rings (SSSR count). The average molecular weight is 304 g/mol. The Morgan fingerprint density at radius 1 is 1.40 bits per heavy atom. The Morgan fingerprint density at radius 3 is 2.60 bits per heavy atom. The van der Waals surface area contributed by atoms with Gasteiger partial charge in [0.15, 0.2) is 0 Å². The molecule has 0 aromatic heterocycles. The van der Waals surface area contributed by atoms with Crippen LogP contribution in [0, 0.1) is 5.92 Å². The number of hydrogen-bond acceptors (Lipinski definition) is 3. The van der Waals surface area contributed by atoms with Gasteiger partial charge in [-0.2, -0.15) is 0 Å². The Labute approximate surface area is 129 Å². The molecule has 118 valence electrons. The van der Waals surface area contributed by atoms with Gasteiger partial charge in [-0.05, 0) is 59.5 Å². The molecule has 1 atom stereocenters. The van der Waals surface area contributed by atoms with Crippen LogP contribution in [0.25, 0.3) is 0 Å². The van der Waals surface area contributed by atoms with Gasteiger partial charge < -0.3 is 10.2 Å². The average Bonchev–Trinajstić information content (AvgIpc) is 2.27. The van der Waals surface area contributed by atoms with Crippen LogP contribution in [0.5, 0.6) is 0 Å².